The third-order valence-corrected chi connectivity index (χ3v) is 4.41. The smallest absolute Gasteiger partial charge is 0.0954 e. The van der Waals surface area contributed by atoms with E-state index in [4.69, 9.17) is 11.6 Å². The molecule has 0 fully saturated rings. The standard InChI is InChI=1S/C12H16ClNOS/c1-14-10(7-13)12(15)9-3-2-8-4-5-16-11(8)6-9/h2-3,6,10,12,14-15H,4-5,7H2,1H3. The van der Waals surface area contributed by atoms with Crippen LogP contribution in [0.3, 0.4) is 0 Å². The Morgan fingerprint density at radius 1 is 1.56 bits per heavy atom. The van der Waals surface area contributed by atoms with Crippen molar-refractivity contribution in [2.24, 2.45) is 0 Å². The minimum Gasteiger partial charge on any atom is -0.387 e. The van der Waals surface area contributed by atoms with Gasteiger partial charge in [-0.2, -0.15) is 0 Å². The summed E-state index contributed by atoms with van der Waals surface area (Å²) in [6.07, 6.45) is 0.607. The summed E-state index contributed by atoms with van der Waals surface area (Å²) in [6.45, 7) is 0. The zero-order valence-corrected chi connectivity index (χ0v) is 10.8. The summed E-state index contributed by atoms with van der Waals surface area (Å²) < 4.78 is 0. The number of nitrogens with one attached hydrogen (secondary N) is 1. The number of rotatable bonds is 4. The van der Waals surface area contributed by atoms with Gasteiger partial charge in [0, 0.05) is 16.5 Å². The summed E-state index contributed by atoms with van der Waals surface area (Å²) in [6, 6.07) is 6.13. The average molecular weight is 258 g/mol. The molecule has 0 amide bonds. The van der Waals surface area contributed by atoms with Crippen LogP contribution >= 0.6 is 23.4 Å². The topological polar surface area (TPSA) is 32.3 Å². The van der Waals surface area contributed by atoms with Gasteiger partial charge >= 0.3 is 0 Å². The van der Waals surface area contributed by atoms with Gasteiger partial charge in [0.1, 0.15) is 0 Å². The minimum absolute atomic E-state index is 0.0916. The van der Waals surface area contributed by atoms with E-state index in [-0.39, 0.29) is 6.04 Å². The number of alkyl halides is 1. The molecule has 0 radical (unpaired) electrons. The maximum absolute atomic E-state index is 10.2. The molecule has 0 saturated carbocycles. The first-order valence-electron chi connectivity index (χ1n) is 5.43. The molecule has 0 bridgehead atoms. The number of aryl methyl sites for hydroxylation is 1. The van der Waals surface area contributed by atoms with E-state index in [1.54, 1.807) is 0 Å². The van der Waals surface area contributed by atoms with Gasteiger partial charge in [-0.1, -0.05) is 12.1 Å². The molecule has 1 aliphatic heterocycles. The molecule has 16 heavy (non-hydrogen) atoms. The lowest BCUT2D eigenvalue weighted by atomic mass is 10.0. The molecule has 2 atom stereocenters. The van der Waals surface area contributed by atoms with Crippen LogP contribution < -0.4 is 5.32 Å². The van der Waals surface area contributed by atoms with Crippen LogP contribution in [0.25, 0.3) is 0 Å². The van der Waals surface area contributed by atoms with Gasteiger partial charge in [0.15, 0.2) is 0 Å². The molecule has 88 valence electrons. The predicted octanol–water partition coefficient (Wildman–Crippen LogP) is 2.20. The molecule has 2 rings (SSSR count). The second-order valence-electron chi connectivity index (χ2n) is 3.96. The molecule has 2 unspecified atom stereocenters. The Bertz CT molecular complexity index is 368. The van der Waals surface area contributed by atoms with E-state index in [1.165, 1.54) is 10.5 Å². The number of aliphatic hydroxyl groups excluding tert-OH is 1. The Morgan fingerprint density at radius 3 is 3.06 bits per heavy atom. The van der Waals surface area contributed by atoms with Crippen molar-refractivity contribution < 1.29 is 5.11 Å². The van der Waals surface area contributed by atoms with Crippen LogP contribution in [0.5, 0.6) is 0 Å². The van der Waals surface area contributed by atoms with Crippen molar-refractivity contribution in [3.63, 3.8) is 0 Å². The van der Waals surface area contributed by atoms with Crippen LogP contribution in [0.4, 0.5) is 0 Å². The number of thioether (sulfide) groups is 1. The fraction of sp³-hybridized carbons (Fsp3) is 0.500. The van der Waals surface area contributed by atoms with Gasteiger partial charge in [-0.05, 0) is 30.7 Å². The third kappa shape index (κ3) is 2.38. The molecular formula is C12H16ClNOS. The molecule has 0 saturated heterocycles. The van der Waals surface area contributed by atoms with Crippen LogP contribution in [0.2, 0.25) is 0 Å². The van der Waals surface area contributed by atoms with Gasteiger partial charge in [-0.3, -0.25) is 0 Å². The van der Waals surface area contributed by atoms with E-state index in [0.717, 1.165) is 17.7 Å². The second-order valence-corrected chi connectivity index (χ2v) is 5.41. The molecule has 2 nitrogen and oxygen atoms in total. The van der Waals surface area contributed by atoms with Gasteiger partial charge in [0.25, 0.3) is 0 Å². The molecule has 1 aromatic rings. The van der Waals surface area contributed by atoms with Crippen molar-refractivity contribution in [2.45, 2.75) is 23.5 Å². The van der Waals surface area contributed by atoms with Crippen molar-refractivity contribution in [1.82, 2.24) is 5.32 Å². The highest BCUT2D eigenvalue weighted by molar-refractivity contribution is 7.99. The number of aliphatic hydroxyl groups is 1. The highest BCUT2D eigenvalue weighted by Gasteiger charge is 2.20. The number of likely N-dealkylation sites (N-methyl/N-ethyl adjacent to an activating group) is 1. The summed E-state index contributed by atoms with van der Waals surface area (Å²) in [7, 11) is 1.82. The van der Waals surface area contributed by atoms with E-state index in [0.29, 0.717) is 5.88 Å². The summed E-state index contributed by atoms with van der Waals surface area (Å²) in [5, 5.41) is 13.2. The van der Waals surface area contributed by atoms with Crippen LogP contribution in [0.15, 0.2) is 23.1 Å². The molecule has 1 aliphatic rings. The molecule has 1 heterocycles. The van der Waals surface area contributed by atoms with E-state index in [9.17, 15) is 5.11 Å². The van der Waals surface area contributed by atoms with Crippen molar-refractivity contribution in [1.29, 1.82) is 0 Å². The largest absolute Gasteiger partial charge is 0.387 e. The van der Waals surface area contributed by atoms with Crippen molar-refractivity contribution >= 4 is 23.4 Å². The Kier molecular flexibility index (Phi) is 4.14. The molecule has 2 N–H and O–H groups in total. The summed E-state index contributed by atoms with van der Waals surface area (Å²) in [5.74, 6) is 1.56. The zero-order chi connectivity index (χ0) is 11.5. The summed E-state index contributed by atoms with van der Waals surface area (Å²) in [4.78, 5) is 1.31. The summed E-state index contributed by atoms with van der Waals surface area (Å²) in [5.41, 5.74) is 2.35. The second kappa shape index (κ2) is 5.41. The third-order valence-electron chi connectivity index (χ3n) is 2.98. The minimum atomic E-state index is -0.533. The van der Waals surface area contributed by atoms with Crippen LogP contribution in [-0.2, 0) is 6.42 Å². The number of hydrogen-bond acceptors (Lipinski definition) is 3. The quantitative estimate of drug-likeness (QED) is 0.812. The number of fused-ring (bicyclic) bond motifs is 1. The van der Waals surface area contributed by atoms with Gasteiger partial charge in [-0.15, -0.1) is 23.4 Å². The van der Waals surface area contributed by atoms with E-state index in [1.807, 2.05) is 24.9 Å². The lowest BCUT2D eigenvalue weighted by Crippen LogP contribution is -2.33. The van der Waals surface area contributed by atoms with Gasteiger partial charge in [-0.25, -0.2) is 0 Å². The molecule has 0 aromatic heterocycles. The predicted molar refractivity (Wildman–Crippen MR) is 69.4 cm³/mol. The maximum Gasteiger partial charge on any atom is 0.0954 e. The van der Waals surface area contributed by atoms with Crippen molar-refractivity contribution in [3.05, 3.63) is 29.3 Å². The highest BCUT2D eigenvalue weighted by atomic mass is 35.5. The van der Waals surface area contributed by atoms with Crippen molar-refractivity contribution in [3.8, 4) is 0 Å². The van der Waals surface area contributed by atoms with E-state index in [2.05, 4.69) is 17.4 Å². The highest BCUT2D eigenvalue weighted by Crippen LogP contribution is 2.33. The van der Waals surface area contributed by atoms with Gasteiger partial charge < -0.3 is 10.4 Å². The fourth-order valence-electron chi connectivity index (χ4n) is 1.92. The lowest BCUT2D eigenvalue weighted by molar-refractivity contribution is 0.141. The number of hydrogen-bond donors (Lipinski definition) is 2. The first kappa shape index (κ1) is 12.2. The Morgan fingerprint density at radius 2 is 2.38 bits per heavy atom. The zero-order valence-electron chi connectivity index (χ0n) is 9.24. The van der Waals surface area contributed by atoms with Gasteiger partial charge in [0.2, 0.25) is 0 Å². The molecule has 0 aliphatic carbocycles. The van der Waals surface area contributed by atoms with Crippen LogP contribution in [-0.4, -0.2) is 29.8 Å². The Labute approximate surface area is 105 Å². The Hall–Kier alpha value is -0.220. The average Bonchev–Trinajstić information content (AvgIpc) is 2.77. The molecular weight excluding hydrogens is 242 g/mol. The van der Waals surface area contributed by atoms with Crippen molar-refractivity contribution in [2.75, 3.05) is 18.7 Å². The first-order chi connectivity index (χ1) is 7.76. The van der Waals surface area contributed by atoms with Gasteiger partial charge in [0.05, 0.1) is 12.1 Å². The SMILES string of the molecule is CNC(CCl)C(O)c1ccc2c(c1)SCC2. The normalized spacial score (nSPS) is 18.2. The van der Waals surface area contributed by atoms with Crippen LogP contribution in [0, 0.1) is 0 Å². The molecule has 4 heteroatoms. The Balaban J connectivity index is 2.20. The molecule has 0 spiro atoms. The first-order valence-corrected chi connectivity index (χ1v) is 6.95. The number of halogens is 1. The van der Waals surface area contributed by atoms with E-state index < -0.39 is 6.10 Å². The summed E-state index contributed by atoms with van der Waals surface area (Å²) >= 11 is 7.66. The van der Waals surface area contributed by atoms with Crippen LogP contribution in [0.1, 0.15) is 17.2 Å². The maximum atomic E-state index is 10.2. The monoisotopic (exact) mass is 257 g/mol. The number of benzene rings is 1. The lowest BCUT2D eigenvalue weighted by Gasteiger charge is -2.20. The fourth-order valence-corrected chi connectivity index (χ4v) is 3.36. The van der Waals surface area contributed by atoms with E-state index >= 15 is 0 Å². The molecule has 1 aromatic carbocycles.